The maximum Gasteiger partial charge on any atom is 0.492 e. The Balaban J connectivity index is 0.000000174. The Bertz CT molecular complexity index is 1790. The minimum absolute atomic E-state index is 0.170. The molecule has 2 N–H and O–H groups in total. The number of benzene rings is 4. The normalized spacial score (nSPS) is 10.1. The predicted molar refractivity (Wildman–Crippen MR) is 194 cm³/mol. The third-order valence-corrected chi connectivity index (χ3v) is 7.76. The van der Waals surface area contributed by atoms with Crippen molar-refractivity contribution < 1.29 is 23.8 Å². The van der Waals surface area contributed by atoms with Gasteiger partial charge in [0, 0.05) is 36.8 Å². The molecule has 4 aromatic carbocycles. The van der Waals surface area contributed by atoms with Gasteiger partial charge in [0.1, 0.15) is 11.2 Å². The van der Waals surface area contributed by atoms with Crippen LogP contribution in [0.1, 0.15) is 5.56 Å². The van der Waals surface area contributed by atoms with Crippen molar-refractivity contribution in [3.8, 4) is 11.1 Å². The van der Waals surface area contributed by atoms with E-state index in [2.05, 4.69) is 91.7 Å². The molecule has 0 spiro atoms. The maximum atomic E-state index is 10.2. The number of nitro groups is 1. The quantitative estimate of drug-likeness (QED) is 0.0603. The molecule has 0 fully saturated rings. The molecule has 42 heavy (non-hydrogen) atoms. The van der Waals surface area contributed by atoms with Crippen LogP contribution in [0, 0.1) is 20.6 Å². The minimum atomic E-state index is -1.49. The Kier molecular flexibility index (Phi) is 13.5. The van der Waals surface area contributed by atoms with Crippen LogP contribution in [0.5, 0.6) is 0 Å². The fourth-order valence-corrected chi connectivity index (χ4v) is 5.21. The zero-order valence-corrected chi connectivity index (χ0v) is 29.8. The molecule has 2 heterocycles. The summed E-state index contributed by atoms with van der Waals surface area (Å²) in [7, 11) is -1.49. The standard InChI is InChI=1S/C15H11BrO.C8H6BBrO3.C6H4INO2.CH3I/c1-10-4-2-3-5-12(10)14-9-17-15-7-6-11(16)8-13(14)15;10-5-1-2-8-6(3-5)7(4-13-8)9(11)12;7-5-3-1-2-4-6(5)8(9)10;1-2/h2-9H,1H3;1-4,11-12H;1-4H;1H3. The van der Waals surface area contributed by atoms with Crippen LogP contribution in [0.25, 0.3) is 33.1 Å². The lowest BCUT2D eigenvalue weighted by Gasteiger charge is -2.03. The van der Waals surface area contributed by atoms with E-state index in [0.717, 1.165) is 25.5 Å². The zero-order valence-electron chi connectivity index (χ0n) is 22.3. The second-order valence-electron chi connectivity index (χ2n) is 8.52. The third-order valence-electron chi connectivity index (χ3n) is 5.86. The molecule has 2 aromatic heterocycles. The van der Waals surface area contributed by atoms with E-state index >= 15 is 0 Å². The smallest absolute Gasteiger partial charge is 0.465 e. The topological polar surface area (TPSA) is 110 Å². The van der Waals surface area contributed by atoms with Crippen LogP contribution in [0.4, 0.5) is 5.69 Å². The van der Waals surface area contributed by atoms with Gasteiger partial charge in [-0.15, -0.1) is 0 Å². The van der Waals surface area contributed by atoms with Gasteiger partial charge >= 0.3 is 7.12 Å². The van der Waals surface area contributed by atoms with Crippen molar-refractivity contribution in [3.63, 3.8) is 0 Å². The number of nitro benzene ring substituents is 1. The highest BCUT2D eigenvalue weighted by Gasteiger charge is 2.17. The molecule has 0 aliphatic heterocycles. The van der Waals surface area contributed by atoms with Gasteiger partial charge in [-0.3, -0.25) is 10.1 Å². The monoisotopic (exact) mass is 917 g/mol. The van der Waals surface area contributed by atoms with Gasteiger partial charge in [-0.25, -0.2) is 0 Å². The second-order valence-corrected chi connectivity index (χ2v) is 11.5. The van der Waals surface area contributed by atoms with E-state index in [4.69, 9.17) is 18.9 Å². The number of hydrogen-bond acceptors (Lipinski definition) is 6. The summed E-state index contributed by atoms with van der Waals surface area (Å²) in [6, 6.07) is 26.4. The molecule has 0 amide bonds. The first-order valence-electron chi connectivity index (χ1n) is 12.2. The van der Waals surface area contributed by atoms with E-state index in [1.54, 1.807) is 30.3 Å². The van der Waals surface area contributed by atoms with Crippen LogP contribution in [0.15, 0.2) is 115 Å². The fourth-order valence-electron chi connectivity index (χ4n) is 3.91. The number of fused-ring (bicyclic) bond motifs is 2. The summed E-state index contributed by atoms with van der Waals surface area (Å²) in [5.41, 5.74) is 5.76. The van der Waals surface area contributed by atoms with Crippen molar-refractivity contribution in [1.29, 1.82) is 0 Å². The van der Waals surface area contributed by atoms with Crippen molar-refractivity contribution in [3.05, 3.63) is 126 Å². The summed E-state index contributed by atoms with van der Waals surface area (Å²) < 4.78 is 13.3. The number of para-hydroxylation sites is 1. The first-order chi connectivity index (χ1) is 20.2. The van der Waals surface area contributed by atoms with Gasteiger partial charge in [0.25, 0.3) is 5.69 Å². The average Bonchev–Trinajstić information content (AvgIpc) is 3.59. The van der Waals surface area contributed by atoms with Gasteiger partial charge in [0.15, 0.2) is 0 Å². The number of aryl methyl sites for hydroxylation is 1. The molecule has 0 saturated heterocycles. The van der Waals surface area contributed by atoms with E-state index in [1.807, 2.05) is 52.0 Å². The number of nitrogens with zero attached hydrogens (tertiary/aromatic N) is 1. The van der Waals surface area contributed by atoms with E-state index in [0.29, 0.717) is 20.0 Å². The van der Waals surface area contributed by atoms with Gasteiger partial charge in [-0.05, 0) is 88.0 Å². The molecular formula is C30H24BBr2I2NO6. The minimum Gasteiger partial charge on any atom is -0.465 e. The maximum absolute atomic E-state index is 10.2. The molecule has 12 heteroatoms. The van der Waals surface area contributed by atoms with E-state index in [1.165, 1.54) is 23.5 Å². The van der Waals surface area contributed by atoms with Crippen molar-refractivity contribution in [2.45, 2.75) is 6.92 Å². The molecule has 0 atom stereocenters. The van der Waals surface area contributed by atoms with Gasteiger partial charge in [0.05, 0.1) is 21.0 Å². The van der Waals surface area contributed by atoms with Crippen molar-refractivity contribution in [2.24, 2.45) is 0 Å². The van der Waals surface area contributed by atoms with E-state index in [9.17, 15) is 10.1 Å². The van der Waals surface area contributed by atoms with E-state index in [-0.39, 0.29) is 10.6 Å². The van der Waals surface area contributed by atoms with Crippen LogP contribution < -0.4 is 5.46 Å². The highest BCUT2D eigenvalue weighted by Crippen LogP contribution is 2.34. The first-order valence-corrected chi connectivity index (χ1v) is 17.0. The highest BCUT2D eigenvalue weighted by molar-refractivity contribution is 14.1. The van der Waals surface area contributed by atoms with Gasteiger partial charge < -0.3 is 18.9 Å². The van der Waals surface area contributed by atoms with Crippen LogP contribution in [-0.2, 0) is 0 Å². The number of rotatable bonds is 3. The summed E-state index contributed by atoms with van der Waals surface area (Å²) >= 11 is 10.9. The molecule has 0 unspecified atom stereocenters. The summed E-state index contributed by atoms with van der Waals surface area (Å²) in [6.07, 6.45) is 3.18. The predicted octanol–water partition coefficient (Wildman–Crippen LogP) is 9.30. The average molecular weight is 919 g/mol. The number of furan rings is 2. The zero-order chi connectivity index (χ0) is 30.8. The van der Waals surface area contributed by atoms with Crippen LogP contribution in [-0.4, -0.2) is 27.0 Å². The summed E-state index contributed by atoms with van der Waals surface area (Å²) in [6.45, 7) is 2.12. The first kappa shape index (κ1) is 34.3. The second kappa shape index (κ2) is 16.6. The molecule has 0 bridgehead atoms. The van der Waals surface area contributed by atoms with E-state index < -0.39 is 7.12 Å². The lowest BCUT2D eigenvalue weighted by atomic mass is 9.80. The van der Waals surface area contributed by atoms with Crippen molar-refractivity contribution >= 4 is 117 Å². The molecule has 6 rings (SSSR count). The lowest BCUT2D eigenvalue weighted by Crippen LogP contribution is -2.28. The Morgan fingerprint density at radius 2 is 1.33 bits per heavy atom. The van der Waals surface area contributed by atoms with Crippen LogP contribution in [0.2, 0.25) is 0 Å². The van der Waals surface area contributed by atoms with Crippen LogP contribution in [0.3, 0.4) is 0 Å². The molecule has 0 saturated carbocycles. The Labute approximate surface area is 287 Å². The molecule has 6 aromatic rings. The highest BCUT2D eigenvalue weighted by atomic mass is 127. The van der Waals surface area contributed by atoms with Crippen molar-refractivity contribution in [2.75, 3.05) is 4.93 Å². The summed E-state index contributed by atoms with van der Waals surface area (Å²) in [5, 5.41) is 30.0. The van der Waals surface area contributed by atoms with Gasteiger partial charge in [-0.1, -0.05) is 90.8 Å². The summed E-state index contributed by atoms with van der Waals surface area (Å²) in [5.74, 6) is 0. The Morgan fingerprint density at radius 1 is 0.786 bits per heavy atom. The molecular weight excluding hydrogens is 895 g/mol. The SMILES string of the molecule is CI.Cc1ccccc1-c1coc2ccc(Br)cc12.O=[N+]([O-])c1ccccc1I.OB(O)c1coc2ccc(Br)cc12. The van der Waals surface area contributed by atoms with Gasteiger partial charge in [0.2, 0.25) is 0 Å². The number of halogens is 4. The van der Waals surface area contributed by atoms with Gasteiger partial charge in [-0.2, -0.15) is 0 Å². The number of alkyl halides is 1. The molecule has 0 aliphatic carbocycles. The fraction of sp³-hybridized carbons (Fsp3) is 0.0667. The third kappa shape index (κ3) is 8.89. The Hall–Kier alpha value is -2.24. The molecule has 0 radical (unpaired) electrons. The van der Waals surface area contributed by atoms with Crippen molar-refractivity contribution in [1.82, 2.24) is 0 Å². The largest absolute Gasteiger partial charge is 0.492 e. The van der Waals surface area contributed by atoms with Crippen LogP contribution >= 0.6 is 77.0 Å². The Morgan fingerprint density at radius 3 is 1.90 bits per heavy atom. The number of hydrogen-bond donors (Lipinski definition) is 2. The lowest BCUT2D eigenvalue weighted by molar-refractivity contribution is -0.385. The molecule has 216 valence electrons. The summed E-state index contributed by atoms with van der Waals surface area (Å²) in [4.78, 5) is 11.8. The molecule has 7 nitrogen and oxygen atoms in total. The molecule has 0 aliphatic rings.